The van der Waals surface area contributed by atoms with Gasteiger partial charge in [-0.15, -0.1) is 12.3 Å². The van der Waals surface area contributed by atoms with Crippen LogP contribution in [0.4, 0.5) is 0 Å². The first-order valence-electron chi connectivity index (χ1n) is 5.89. The van der Waals surface area contributed by atoms with Crippen LogP contribution in [0.2, 0.25) is 0 Å². The van der Waals surface area contributed by atoms with Crippen LogP contribution in [-0.2, 0) is 4.79 Å². The Labute approximate surface area is 93.8 Å². The maximum Gasteiger partial charge on any atom is 0.223 e. The van der Waals surface area contributed by atoms with Gasteiger partial charge in [-0.25, -0.2) is 0 Å². The molecule has 0 aromatic carbocycles. The Bertz CT molecular complexity index is 217. The fourth-order valence-electron chi connectivity index (χ4n) is 1.56. The lowest BCUT2D eigenvalue weighted by molar-refractivity contribution is -0.125. The number of unbranched alkanes of at least 4 members (excludes halogenated alkanes) is 1. The van der Waals surface area contributed by atoms with Crippen molar-refractivity contribution >= 4 is 5.91 Å². The van der Waals surface area contributed by atoms with Gasteiger partial charge in [-0.05, 0) is 19.8 Å². The van der Waals surface area contributed by atoms with Gasteiger partial charge in [0.2, 0.25) is 5.91 Å². The van der Waals surface area contributed by atoms with Crippen LogP contribution in [0.25, 0.3) is 0 Å². The average molecular weight is 209 g/mol. The van der Waals surface area contributed by atoms with E-state index in [4.69, 9.17) is 6.42 Å². The van der Waals surface area contributed by atoms with E-state index in [1.165, 1.54) is 0 Å². The van der Waals surface area contributed by atoms with Gasteiger partial charge in [0.1, 0.15) is 0 Å². The Kier molecular flexibility index (Phi) is 7.81. The summed E-state index contributed by atoms with van der Waals surface area (Å²) < 4.78 is 0. The van der Waals surface area contributed by atoms with Gasteiger partial charge < -0.3 is 5.32 Å². The van der Waals surface area contributed by atoms with E-state index in [9.17, 15) is 4.79 Å². The van der Waals surface area contributed by atoms with Crippen molar-refractivity contribution in [2.24, 2.45) is 5.92 Å². The molecule has 86 valence electrons. The highest BCUT2D eigenvalue weighted by atomic mass is 16.1. The zero-order valence-corrected chi connectivity index (χ0v) is 10.2. The van der Waals surface area contributed by atoms with Crippen molar-refractivity contribution in [2.75, 3.05) is 0 Å². The molecule has 0 bridgehead atoms. The van der Waals surface area contributed by atoms with Gasteiger partial charge in [0, 0.05) is 18.4 Å². The fourth-order valence-corrected chi connectivity index (χ4v) is 1.56. The predicted molar refractivity (Wildman–Crippen MR) is 64.4 cm³/mol. The van der Waals surface area contributed by atoms with E-state index >= 15 is 0 Å². The Morgan fingerprint density at radius 3 is 2.60 bits per heavy atom. The smallest absolute Gasteiger partial charge is 0.223 e. The first-order chi connectivity index (χ1) is 7.15. The molecular weight excluding hydrogens is 186 g/mol. The molecule has 2 atom stereocenters. The third kappa shape index (κ3) is 6.17. The molecule has 0 spiro atoms. The summed E-state index contributed by atoms with van der Waals surface area (Å²) in [7, 11) is 0. The minimum atomic E-state index is 0.0955. The molecule has 2 nitrogen and oxygen atoms in total. The van der Waals surface area contributed by atoms with Gasteiger partial charge in [0.15, 0.2) is 0 Å². The van der Waals surface area contributed by atoms with Gasteiger partial charge >= 0.3 is 0 Å². The lowest BCUT2D eigenvalue weighted by Crippen LogP contribution is -2.36. The summed E-state index contributed by atoms with van der Waals surface area (Å²) in [6.07, 6.45) is 9.96. The molecule has 0 aliphatic rings. The zero-order chi connectivity index (χ0) is 11.7. The molecule has 1 amide bonds. The molecule has 0 radical (unpaired) electrons. The summed E-state index contributed by atoms with van der Waals surface area (Å²) in [5.74, 6) is 2.88. The summed E-state index contributed by atoms with van der Waals surface area (Å²) in [5.41, 5.74) is 0. The number of rotatable bonds is 7. The molecule has 0 saturated heterocycles. The Hall–Kier alpha value is -0.970. The Balaban J connectivity index is 3.98. The second-order valence-electron chi connectivity index (χ2n) is 4.07. The van der Waals surface area contributed by atoms with Crippen LogP contribution in [0.3, 0.4) is 0 Å². The van der Waals surface area contributed by atoms with Crippen LogP contribution in [0, 0.1) is 18.3 Å². The monoisotopic (exact) mass is 209 g/mol. The third-order valence-corrected chi connectivity index (χ3v) is 2.58. The maximum atomic E-state index is 11.8. The topological polar surface area (TPSA) is 29.1 Å². The quantitative estimate of drug-likeness (QED) is 0.642. The van der Waals surface area contributed by atoms with Crippen molar-refractivity contribution in [3.63, 3.8) is 0 Å². The Morgan fingerprint density at radius 2 is 2.13 bits per heavy atom. The molecule has 0 rings (SSSR count). The summed E-state index contributed by atoms with van der Waals surface area (Å²) in [4.78, 5) is 11.8. The minimum Gasteiger partial charge on any atom is -0.352 e. The zero-order valence-electron chi connectivity index (χ0n) is 10.2. The van der Waals surface area contributed by atoms with E-state index in [1.807, 2.05) is 6.92 Å². The van der Waals surface area contributed by atoms with Crippen molar-refractivity contribution in [2.45, 2.75) is 58.9 Å². The average Bonchev–Trinajstić information content (AvgIpc) is 2.19. The van der Waals surface area contributed by atoms with Gasteiger partial charge in [0.25, 0.3) is 0 Å². The molecule has 0 fully saturated rings. The van der Waals surface area contributed by atoms with Gasteiger partial charge in [0.05, 0.1) is 0 Å². The maximum absolute atomic E-state index is 11.8. The van der Waals surface area contributed by atoms with Crippen LogP contribution in [-0.4, -0.2) is 11.9 Å². The third-order valence-electron chi connectivity index (χ3n) is 2.58. The second-order valence-corrected chi connectivity index (χ2v) is 4.07. The number of hydrogen-bond acceptors (Lipinski definition) is 1. The van der Waals surface area contributed by atoms with E-state index in [0.29, 0.717) is 6.42 Å². The fraction of sp³-hybridized carbons (Fsp3) is 0.769. The Morgan fingerprint density at radius 1 is 1.47 bits per heavy atom. The molecule has 2 heteroatoms. The number of carbonyl (C=O) groups is 1. The minimum absolute atomic E-state index is 0.0955. The highest BCUT2D eigenvalue weighted by molar-refractivity contribution is 5.78. The number of hydrogen-bond donors (Lipinski definition) is 1. The van der Waals surface area contributed by atoms with Crippen molar-refractivity contribution in [1.82, 2.24) is 5.32 Å². The van der Waals surface area contributed by atoms with Crippen molar-refractivity contribution < 1.29 is 4.79 Å². The summed E-state index contributed by atoms with van der Waals surface area (Å²) in [6, 6.07) is 0.0955. The first-order valence-corrected chi connectivity index (χ1v) is 5.89. The van der Waals surface area contributed by atoms with Crippen LogP contribution in [0.1, 0.15) is 52.9 Å². The molecule has 15 heavy (non-hydrogen) atoms. The lowest BCUT2D eigenvalue weighted by Gasteiger charge is -2.17. The van der Waals surface area contributed by atoms with Gasteiger partial charge in [-0.1, -0.05) is 26.7 Å². The molecular formula is C13H23NO. The predicted octanol–water partition coefficient (Wildman–Crippen LogP) is 2.73. The van der Waals surface area contributed by atoms with Crippen molar-refractivity contribution in [3.05, 3.63) is 0 Å². The number of nitrogens with one attached hydrogen (secondary N) is 1. The second kappa shape index (κ2) is 8.35. The highest BCUT2D eigenvalue weighted by Gasteiger charge is 2.16. The first kappa shape index (κ1) is 14.0. The van der Waals surface area contributed by atoms with Crippen LogP contribution in [0.5, 0.6) is 0 Å². The van der Waals surface area contributed by atoms with Crippen LogP contribution >= 0.6 is 0 Å². The molecule has 0 aliphatic heterocycles. The summed E-state index contributed by atoms with van der Waals surface area (Å²) >= 11 is 0. The lowest BCUT2D eigenvalue weighted by atomic mass is 9.98. The molecule has 0 aromatic heterocycles. The molecule has 0 aromatic rings. The molecule has 0 aliphatic carbocycles. The summed E-state index contributed by atoms with van der Waals surface area (Å²) in [5, 5.41) is 2.96. The normalized spacial score (nSPS) is 14.0. The molecule has 1 N–H and O–H groups in total. The van der Waals surface area contributed by atoms with E-state index in [-0.39, 0.29) is 17.9 Å². The van der Waals surface area contributed by atoms with Crippen LogP contribution in [0.15, 0.2) is 0 Å². The molecule has 2 unspecified atom stereocenters. The van der Waals surface area contributed by atoms with Crippen LogP contribution < -0.4 is 5.32 Å². The molecule has 0 heterocycles. The standard InChI is InChI=1S/C13H23NO/c1-5-8-10-12(7-3)13(15)14-11(4)9-6-2/h2,11-12H,5,7-10H2,1,3-4H3,(H,14,15). The van der Waals surface area contributed by atoms with E-state index in [1.54, 1.807) is 0 Å². The number of terminal acetylenes is 1. The number of amides is 1. The van der Waals surface area contributed by atoms with Gasteiger partial charge in [-0.2, -0.15) is 0 Å². The van der Waals surface area contributed by atoms with E-state index in [2.05, 4.69) is 25.1 Å². The van der Waals surface area contributed by atoms with Crippen molar-refractivity contribution in [1.29, 1.82) is 0 Å². The largest absolute Gasteiger partial charge is 0.352 e. The number of carbonyl (C=O) groups excluding carboxylic acids is 1. The van der Waals surface area contributed by atoms with E-state index in [0.717, 1.165) is 25.7 Å². The molecule has 0 saturated carbocycles. The van der Waals surface area contributed by atoms with Gasteiger partial charge in [-0.3, -0.25) is 4.79 Å². The SMILES string of the molecule is C#CCC(C)NC(=O)C(CC)CCCC. The highest BCUT2D eigenvalue weighted by Crippen LogP contribution is 2.12. The van der Waals surface area contributed by atoms with Crippen molar-refractivity contribution in [3.8, 4) is 12.3 Å². The summed E-state index contributed by atoms with van der Waals surface area (Å²) in [6.45, 7) is 6.15. The van der Waals surface area contributed by atoms with E-state index < -0.39 is 0 Å².